The summed E-state index contributed by atoms with van der Waals surface area (Å²) in [5.74, 6) is 0.427. The molecule has 0 fully saturated rings. The van der Waals surface area contributed by atoms with E-state index in [1.54, 1.807) is 18.2 Å². The van der Waals surface area contributed by atoms with Crippen molar-refractivity contribution in [1.29, 1.82) is 0 Å². The molecule has 0 saturated carbocycles. The minimum atomic E-state index is -0.210. The van der Waals surface area contributed by atoms with E-state index in [9.17, 15) is 4.79 Å². The molecular formula is C22H21ClN2OS. The van der Waals surface area contributed by atoms with Gasteiger partial charge in [0, 0.05) is 22.0 Å². The quantitative estimate of drug-likeness (QED) is 0.496. The Bertz CT molecular complexity index is 928. The van der Waals surface area contributed by atoms with Crippen LogP contribution in [0.25, 0.3) is 17.3 Å². The first-order valence-corrected chi connectivity index (χ1v) is 10.0. The van der Waals surface area contributed by atoms with Gasteiger partial charge < -0.3 is 0 Å². The van der Waals surface area contributed by atoms with E-state index in [0.29, 0.717) is 16.1 Å². The summed E-state index contributed by atoms with van der Waals surface area (Å²) in [4.78, 5) is 16.6. The second-order valence-corrected chi connectivity index (χ2v) is 8.00. The normalized spacial score (nSPS) is 11.3. The number of rotatable bonds is 6. The second-order valence-electron chi connectivity index (χ2n) is 6.71. The Labute approximate surface area is 168 Å². The van der Waals surface area contributed by atoms with Crippen molar-refractivity contribution in [2.45, 2.75) is 20.3 Å². The highest BCUT2D eigenvalue weighted by molar-refractivity contribution is 7.14. The van der Waals surface area contributed by atoms with Gasteiger partial charge in [-0.3, -0.25) is 10.1 Å². The van der Waals surface area contributed by atoms with Gasteiger partial charge in [0.05, 0.1) is 5.69 Å². The number of aromatic nitrogens is 1. The maximum atomic E-state index is 12.1. The fraction of sp³-hybridized carbons (Fsp3) is 0.182. The number of thiazole rings is 1. The van der Waals surface area contributed by atoms with Crippen LogP contribution in [-0.4, -0.2) is 10.9 Å². The predicted octanol–water partition coefficient (Wildman–Crippen LogP) is 6.31. The third kappa shape index (κ3) is 5.78. The van der Waals surface area contributed by atoms with Crippen LogP contribution < -0.4 is 5.32 Å². The molecule has 3 rings (SSSR count). The summed E-state index contributed by atoms with van der Waals surface area (Å²) in [5, 5.41) is 6.02. The van der Waals surface area contributed by atoms with Crippen molar-refractivity contribution in [3.8, 4) is 11.3 Å². The molecule has 1 aromatic heterocycles. The number of nitrogens with zero attached hydrogens (tertiary/aromatic N) is 1. The molecule has 1 heterocycles. The molecule has 27 heavy (non-hydrogen) atoms. The van der Waals surface area contributed by atoms with E-state index < -0.39 is 0 Å². The van der Waals surface area contributed by atoms with Crippen molar-refractivity contribution in [1.82, 2.24) is 4.98 Å². The summed E-state index contributed by atoms with van der Waals surface area (Å²) >= 11 is 7.27. The second kappa shape index (κ2) is 8.98. The minimum Gasteiger partial charge on any atom is -0.298 e. The number of hydrogen-bond donors (Lipinski definition) is 1. The monoisotopic (exact) mass is 396 g/mol. The van der Waals surface area contributed by atoms with Gasteiger partial charge in [-0.1, -0.05) is 61.8 Å². The third-order valence-electron chi connectivity index (χ3n) is 3.93. The summed E-state index contributed by atoms with van der Waals surface area (Å²) in [5.41, 5.74) is 4.16. The third-order valence-corrected chi connectivity index (χ3v) is 4.93. The van der Waals surface area contributed by atoms with E-state index in [1.165, 1.54) is 23.0 Å². The molecule has 5 heteroatoms. The van der Waals surface area contributed by atoms with E-state index in [-0.39, 0.29) is 5.91 Å². The maximum absolute atomic E-state index is 12.1. The maximum Gasteiger partial charge on any atom is 0.250 e. The molecule has 0 spiro atoms. The Balaban J connectivity index is 1.61. The zero-order chi connectivity index (χ0) is 19.2. The fourth-order valence-electron chi connectivity index (χ4n) is 2.64. The summed E-state index contributed by atoms with van der Waals surface area (Å²) in [6, 6.07) is 15.7. The lowest BCUT2D eigenvalue weighted by molar-refractivity contribution is -0.111. The summed E-state index contributed by atoms with van der Waals surface area (Å²) in [6.45, 7) is 4.43. The van der Waals surface area contributed by atoms with Crippen molar-refractivity contribution >= 4 is 40.1 Å². The predicted molar refractivity (Wildman–Crippen MR) is 115 cm³/mol. The number of carbonyl (C=O) groups is 1. The zero-order valence-electron chi connectivity index (χ0n) is 15.3. The van der Waals surface area contributed by atoms with E-state index in [4.69, 9.17) is 11.6 Å². The van der Waals surface area contributed by atoms with Crippen LogP contribution in [0.5, 0.6) is 0 Å². The highest BCUT2D eigenvalue weighted by atomic mass is 35.5. The van der Waals surface area contributed by atoms with Crippen LogP contribution in [0.4, 0.5) is 5.13 Å². The number of carbonyl (C=O) groups excluding carboxylic acids is 1. The number of amides is 1. The molecule has 0 bridgehead atoms. The molecule has 3 aromatic rings. The Kier molecular flexibility index (Phi) is 6.43. The van der Waals surface area contributed by atoms with E-state index >= 15 is 0 Å². The van der Waals surface area contributed by atoms with Crippen LogP contribution >= 0.6 is 22.9 Å². The van der Waals surface area contributed by atoms with Crippen molar-refractivity contribution < 1.29 is 4.79 Å². The standard InChI is InChI=1S/C22H21ClN2OS/c1-15(2)13-17-3-8-18(9-4-17)20-14-27-22(24-20)25-21(26)12-7-16-5-10-19(23)11-6-16/h3-12,14-15H,13H2,1-2H3,(H,24,25,26)/b12-7+. The summed E-state index contributed by atoms with van der Waals surface area (Å²) in [6.07, 6.45) is 4.30. The van der Waals surface area contributed by atoms with Gasteiger partial charge in [0.1, 0.15) is 0 Å². The Morgan fingerprint density at radius 1 is 1.15 bits per heavy atom. The van der Waals surface area contributed by atoms with Crippen LogP contribution in [0.3, 0.4) is 0 Å². The van der Waals surface area contributed by atoms with Gasteiger partial charge in [-0.2, -0.15) is 0 Å². The van der Waals surface area contributed by atoms with Gasteiger partial charge in [-0.15, -0.1) is 11.3 Å². The van der Waals surface area contributed by atoms with E-state index in [0.717, 1.165) is 23.2 Å². The van der Waals surface area contributed by atoms with Crippen molar-refractivity contribution in [2.75, 3.05) is 5.32 Å². The van der Waals surface area contributed by atoms with E-state index in [1.807, 2.05) is 17.5 Å². The summed E-state index contributed by atoms with van der Waals surface area (Å²) < 4.78 is 0. The molecule has 0 atom stereocenters. The fourth-order valence-corrected chi connectivity index (χ4v) is 3.49. The van der Waals surface area contributed by atoms with Gasteiger partial charge in [0.15, 0.2) is 5.13 Å². The lowest BCUT2D eigenvalue weighted by Gasteiger charge is -2.05. The Morgan fingerprint density at radius 3 is 2.52 bits per heavy atom. The first-order valence-electron chi connectivity index (χ1n) is 8.79. The molecule has 2 aromatic carbocycles. The van der Waals surface area contributed by atoms with Crippen LogP contribution in [0.2, 0.25) is 5.02 Å². The molecule has 138 valence electrons. The largest absolute Gasteiger partial charge is 0.298 e. The molecule has 0 aliphatic rings. The highest BCUT2D eigenvalue weighted by Crippen LogP contribution is 2.25. The Hall–Kier alpha value is -2.43. The van der Waals surface area contributed by atoms with Gasteiger partial charge in [-0.05, 0) is 41.7 Å². The molecule has 1 amide bonds. The first-order chi connectivity index (χ1) is 13.0. The summed E-state index contributed by atoms with van der Waals surface area (Å²) in [7, 11) is 0. The van der Waals surface area contributed by atoms with Crippen LogP contribution in [-0.2, 0) is 11.2 Å². The van der Waals surface area contributed by atoms with Gasteiger partial charge in [0.2, 0.25) is 5.91 Å². The average Bonchev–Trinajstić information content (AvgIpc) is 3.10. The molecule has 0 saturated heterocycles. The molecular weight excluding hydrogens is 376 g/mol. The van der Waals surface area contributed by atoms with Crippen molar-refractivity contribution in [2.24, 2.45) is 5.92 Å². The van der Waals surface area contributed by atoms with Crippen molar-refractivity contribution in [3.05, 3.63) is 76.1 Å². The van der Waals surface area contributed by atoms with Crippen molar-refractivity contribution in [3.63, 3.8) is 0 Å². The average molecular weight is 397 g/mol. The molecule has 0 unspecified atom stereocenters. The van der Waals surface area contributed by atoms with Gasteiger partial charge in [0.25, 0.3) is 0 Å². The lowest BCUT2D eigenvalue weighted by atomic mass is 10.0. The number of benzene rings is 2. The van der Waals surface area contributed by atoms with Gasteiger partial charge >= 0.3 is 0 Å². The highest BCUT2D eigenvalue weighted by Gasteiger charge is 2.07. The number of nitrogens with one attached hydrogen (secondary N) is 1. The van der Waals surface area contributed by atoms with Crippen LogP contribution in [0.15, 0.2) is 60.0 Å². The van der Waals surface area contributed by atoms with Crippen LogP contribution in [0, 0.1) is 5.92 Å². The van der Waals surface area contributed by atoms with Crippen LogP contribution in [0.1, 0.15) is 25.0 Å². The SMILES string of the molecule is CC(C)Cc1ccc(-c2csc(NC(=O)/C=C/c3ccc(Cl)cc3)n2)cc1. The molecule has 1 N–H and O–H groups in total. The minimum absolute atomic E-state index is 0.210. The molecule has 0 aliphatic heterocycles. The number of anilines is 1. The zero-order valence-corrected chi connectivity index (χ0v) is 16.8. The lowest BCUT2D eigenvalue weighted by Crippen LogP contribution is -2.07. The molecule has 0 radical (unpaired) electrons. The smallest absolute Gasteiger partial charge is 0.250 e. The van der Waals surface area contributed by atoms with Gasteiger partial charge in [-0.25, -0.2) is 4.98 Å². The number of halogens is 1. The topological polar surface area (TPSA) is 42.0 Å². The number of hydrogen-bond acceptors (Lipinski definition) is 3. The molecule has 3 nitrogen and oxygen atoms in total. The Morgan fingerprint density at radius 2 is 1.85 bits per heavy atom. The molecule has 0 aliphatic carbocycles. The van der Waals surface area contributed by atoms with E-state index in [2.05, 4.69) is 48.4 Å². The first kappa shape index (κ1) is 19.3.